The zero-order chi connectivity index (χ0) is 18.3. The number of amidine groups is 1. The zero-order valence-corrected chi connectivity index (χ0v) is 15.9. The Kier molecular flexibility index (Phi) is 4.73. The van der Waals surface area contributed by atoms with Gasteiger partial charge in [-0.05, 0) is 51.3 Å². The predicted molar refractivity (Wildman–Crippen MR) is 99.3 cm³/mol. The smallest absolute Gasteiger partial charge is 0.338 e. The molecule has 0 N–H and O–H groups in total. The number of thioether (sulfide) groups is 1. The number of benzene rings is 1. The van der Waals surface area contributed by atoms with E-state index in [1.807, 2.05) is 39.0 Å². The summed E-state index contributed by atoms with van der Waals surface area (Å²) in [6, 6.07) is 5.54. The van der Waals surface area contributed by atoms with Crippen LogP contribution in [0.5, 0.6) is 0 Å². The van der Waals surface area contributed by atoms with Crippen LogP contribution in [-0.4, -0.2) is 33.8 Å². The van der Waals surface area contributed by atoms with Crippen LogP contribution in [0.25, 0.3) is 0 Å². The summed E-state index contributed by atoms with van der Waals surface area (Å²) >= 11 is 1.43. The molecule has 0 aliphatic carbocycles. The van der Waals surface area contributed by atoms with Gasteiger partial charge in [-0.15, -0.1) is 0 Å². The van der Waals surface area contributed by atoms with Crippen LogP contribution in [0.3, 0.4) is 0 Å². The van der Waals surface area contributed by atoms with Crippen molar-refractivity contribution in [1.29, 1.82) is 0 Å². The summed E-state index contributed by atoms with van der Waals surface area (Å²) in [4.78, 5) is 31.5. The zero-order valence-electron chi connectivity index (χ0n) is 15.1. The molecule has 1 aromatic rings. The fraction of sp³-hybridized carbons (Fsp3) is 0.421. The van der Waals surface area contributed by atoms with Crippen LogP contribution in [0.4, 0.5) is 0 Å². The molecule has 2 unspecified atom stereocenters. The predicted octanol–water partition coefficient (Wildman–Crippen LogP) is 3.52. The van der Waals surface area contributed by atoms with Crippen molar-refractivity contribution in [3.05, 3.63) is 46.2 Å². The van der Waals surface area contributed by atoms with Crippen molar-refractivity contribution in [2.75, 3.05) is 6.61 Å². The molecule has 25 heavy (non-hydrogen) atoms. The number of aliphatic imine (C=N–C) groups is 1. The van der Waals surface area contributed by atoms with Crippen LogP contribution in [0.15, 0.2) is 34.5 Å². The van der Waals surface area contributed by atoms with Crippen molar-refractivity contribution >= 4 is 28.8 Å². The van der Waals surface area contributed by atoms with Crippen molar-refractivity contribution < 1.29 is 14.3 Å². The first kappa shape index (κ1) is 17.7. The van der Waals surface area contributed by atoms with E-state index in [-0.39, 0.29) is 17.8 Å². The molecule has 0 spiro atoms. The summed E-state index contributed by atoms with van der Waals surface area (Å²) in [5.41, 5.74) is 4.25. The molecule has 1 aromatic carbocycles. The molecular formula is C19H22N2O3S. The summed E-state index contributed by atoms with van der Waals surface area (Å²) in [5.74, 6) is -0.440. The Labute approximate surface area is 152 Å². The topological polar surface area (TPSA) is 59.0 Å². The minimum Gasteiger partial charge on any atom is -0.463 e. The fourth-order valence-electron chi connectivity index (χ4n) is 3.12. The molecule has 2 aliphatic rings. The van der Waals surface area contributed by atoms with Gasteiger partial charge in [-0.2, -0.15) is 0 Å². The fourth-order valence-corrected chi connectivity index (χ4v) is 4.15. The molecule has 1 saturated heterocycles. The highest BCUT2D eigenvalue weighted by Gasteiger charge is 2.46. The van der Waals surface area contributed by atoms with E-state index in [2.05, 4.69) is 4.99 Å². The van der Waals surface area contributed by atoms with Crippen LogP contribution in [0.1, 0.15) is 43.5 Å². The number of carbonyl (C=O) groups is 2. The summed E-state index contributed by atoms with van der Waals surface area (Å²) < 4.78 is 5.26. The second-order valence-electron chi connectivity index (χ2n) is 6.33. The molecule has 1 amide bonds. The molecule has 0 radical (unpaired) electrons. The maximum Gasteiger partial charge on any atom is 0.338 e. The summed E-state index contributed by atoms with van der Waals surface area (Å²) in [5, 5.41) is 0.452. The highest BCUT2D eigenvalue weighted by Crippen LogP contribution is 2.43. The Morgan fingerprint density at radius 3 is 2.64 bits per heavy atom. The SMILES string of the molecule is CCOC(=O)C1=C(C)N=C2SC(C)C(=O)N2C1c1ccc(C)c(C)c1. The molecule has 2 aliphatic heterocycles. The average molecular weight is 358 g/mol. The number of amides is 1. The highest BCUT2D eigenvalue weighted by molar-refractivity contribution is 8.15. The third-order valence-electron chi connectivity index (χ3n) is 4.60. The molecular weight excluding hydrogens is 336 g/mol. The molecule has 0 bridgehead atoms. The largest absolute Gasteiger partial charge is 0.463 e. The molecule has 3 rings (SSSR count). The number of fused-ring (bicyclic) bond motifs is 1. The normalized spacial score (nSPS) is 22.8. The lowest BCUT2D eigenvalue weighted by Crippen LogP contribution is -2.40. The van der Waals surface area contributed by atoms with Crippen LogP contribution in [-0.2, 0) is 14.3 Å². The van der Waals surface area contributed by atoms with Gasteiger partial charge in [-0.25, -0.2) is 9.79 Å². The van der Waals surface area contributed by atoms with E-state index in [0.717, 1.165) is 11.1 Å². The Hall–Kier alpha value is -2.08. The van der Waals surface area contributed by atoms with Crippen molar-refractivity contribution in [1.82, 2.24) is 4.90 Å². The first-order valence-corrected chi connectivity index (χ1v) is 9.26. The third-order valence-corrected chi connectivity index (χ3v) is 5.65. The van der Waals surface area contributed by atoms with E-state index in [0.29, 0.717) is 16.4 Å². The molecule has 5 nitrogen and oxygen atoms in total. The second kappa shape index (κ2) is 6.67. The Bertz CT molecular complexity index is 813. The second-order valence-corrected chi connectivity index (χ2v) is 7.64. The maximum atomic E-state index is 12.8. The first-order chi connectivity index (χ1) is 11.8. The molecule has 2 atom stereocenters. The van der Waals surface area contributed by atoms with Gasteiger partial charge in [0, 0.05) is 0 Å². The number of rotatable bonds is 3. The number of carbonyl (C=O) groups excluding carboxylic acids is 2. The monoisotopic (exact) mass is 358 g/mol. The van der Waals surface area contributed by atoms with Crippen LogP contribution in [0.2, 0.25) is 0 Å². The standard InChI is InChI=1S/C19H22N2O3S/c1-6-24-18(23)15-12(4)20-19-21(17(22)13(5)25-19)16(15)14-8-7-10(2)11(3)9-14/h7-9,13,16H,6H2,1-5H3. The van der Waals surface area contributed by atoms with Gasteiger partial charge in [-0.3, -0.25) is 9.69 Å². The quantitative estimate of drug-likeness (QED) is 0.776. The third kappa shape index (κ3) is 2.99. The minimum absolute atomic E-state index is 0.0266. The average Bonchev–Trinajstić information content (AvgIpc) is 2.83. The van der Waals surface area contributed by atoms with Crippen molar-refractivity contribution in [2.45, 2.75) is 45.9 Å². The lowest BCUT2D eigenvalue weighted by atomic mass is 9.92. The Morgan fingerprint density at radius 2 is 2.00 bits per heavy atom. The lowest BCUT2D eigenvalue weighted by molar-refractivity contribution is -0.139. The Morgan fingerprint density at radius 1 is 1.28 bits per heavy atom. The van der Waals surface area contributed by atoms with Gasteiger partial charge >= 0.3 is 5.97 Å². The van der Waals surface area contributed by atoms with Gasteiger partial charge in [0.05, 0.1) is 29.2 Å². The van der Waals surface area contributed by atoms with Crippen LogP contribution >= 0.6 is 11.8 Å². The lowest BCUT2D eigenvalue weighted by Gasteiger charge is -2.33. The van der Waals surface area contributed by atoms with Crippen molar-refractivity contribution in [3.8, 4) is 0 Å². The minimum atomic E-state index is -0.490. The number of ether oxygens (including phenoxy) is 1. The van der Waals surface area contributed by atoms with Gasteiger partial charge in [0.1, 0.15) is 0 Å². The molecule has 6 heteroatoms. The number of allylic oxidation sites excluding steroid dienone is 1. The van der Waals surface area contributed by atoms with E-state index in [9.17, 15) is 9.59 Å². The van der Waals surface area contributed by atoms with E-state index < -0.39 is 12.0 Å². The Balaban J connectivity index is 2.17. The number of nitrogens with zero attached hydrogens (tertiary/aromatic N) is 2. The highest BCUT2D eigenvalue weighted by atomic mass is 32.2. The number of hydrogen-bond donors (Lipinski definition) is 0. The van der Waals surface area contributed by atoms with Gasteiger partial charge in [0.25, 0.3) is 0 Å². The number of aryl methyl sites for hydroxylation is 2. The van der Waals surface area contributed by atoms with Gasteiger partial charge < -0.3 is 4.74 Å². The molecule has 0 saturated carbocycles. The van der Waals surface area contributed by atoms with Gasteiger partial charge in [0.2, 0.25) is 5.91 Å². The van der Waals surface area contributed by atoms with E-state index >= 15 is 0 Å². The van der Waals surface area contributed by atoms with Crippen LogP contribution in [0, 0.1) is 13.8 Å². The van der Waals surface area contributed by atoms with Gasteiger partial charge in [0.15, 0.2) is 5.17 Å². The maximum absolute atomic E-state index is 12.8. The summed E-state index contributed by atoms with van der Waals surface area (Å²) in [7, 11) is 0. The molecule has 1 fully saturated rings. The van der Waals surface area contributed by atoms with E-state index in [1.54, 1.807) is 18.7 Å². The number of hydrogen-bond acceptors (Lipinski definition) is 5. The van der Waals surface area contributed by atoms with Crippen molar-refractivity contribution in [3.63, 3.8) is 0 Å². The molecule has 0 aromatic heterocycles. The van der Waals surface area contributed by atoms with E-state index in [4.69, 9.17) is 4.74 Å². The van der Waals surface area contributed by atoms with Crippen molar-refractivity contribution in [2.24, 2.45) is 4.99 Å². The first-order valence-electron chi connectivity index (χ1n) is 8.38. The number of esters is 1. The molecule has 2 heterocycles. The summed E-state index contributed by atoms with van der Waals surface area (Å²) in [6.07, 6.45) is 0. The molecule has 132 valence electrons. The van der Waals surface area contributed by atoms with Gasteiger partial charge in [-0.1, -0.05) is 30.0 Å². The summed E-state index contributed by atoms with van der Waals surface area (Å²) in [6.45, 7) is 9.79. The van der Waals surface area contributed by atoms with Crippen LogP contribution < -0.4 is 0 Å². The van der Waals surface area contributed by atoms with E-state index in [1.165, 1.54) is 17.3 Å².